The number of methoxy groups -OCH3 is 1. The molecule has 3 heterocycles. The van der Waals surface area contributed by atoms with Crippen LogP contribution in [-0.2, 0) is 17.8 Å². The van der Waals surface area contributed by atoms with Gasteiger partial charge in [-0.1, -0.05) is 0 Å². The Labute approximate surface area is 146 Å². The van der Waals surface area contributed by atoms with Crippen LogP contribution in [0.4, 0.5) is 0 Å². The number of ether oxygens (including phenoxy) is 1. The molecule has 0 bridgehead atoms. The number of aryl methyl sites for hydroxylation is 1. The molecule has 0 saturated carbocycles. The van der Waals surface area contributed by atoms with E-state index in [4.69, 9.17) is 4.74 Å². The molecular formula is C18H24N4O3. The Morgan fingerprint density at radius 3 is 2.92 bits per heavy atom. The summed E-state index contributed by atoms with van der Waals surface area (Å²) in [5.74, 6) is -0.0301. The zero-order valence-electron chi connectivity index (χ0n) is 14.7. The lowest BCUT2D eigenvalue weighted by molar-refractivity contribution is 0.0720. The van der Waals surface area contributed by atoms with E-state index in [1.807, 2.05) is 28.9 Å². The molecule has 0 unspecified atom stereocenters. The van der Waals surface area contributed by atoms with E-state index >= 15 is 0 Å². The number of nitrogens with zero attached hydrogens (tertiary/aromatic N) is 4. The molecule has 7 nitrogen and oxygen atoms in total. The number of likely N-dealkylation sites (tertiary alicyclic amines) is 1. The highest BCUT2D eigenvalue weighted by atomic mass is 16.5. The number of hydrogen-bond acceptors (Lipinski definition) is 4. The van der Waals surface area contributed by atoms with Crippen molar-refractivity contribution in [2.24, 2.45) is 0 Å². The van der Waals surface area contributed by atoms with Crippen LogP contribution in [0.5, 0.6) is 0 Å². The minimum atomic E-state index is -0.126. The predicted octanol–water partition coefficient (Wildman–Crippen LogP) is 1.30. The van der Waals surface area contributed by atoms with Crippen molar-refractivity contribution >= 4 is 5.91 Å². The Morgan fingerprint density at radius 2 is 2.20 bits per heavy atom. The van der Waals surface area contributed by atoms with Crippen LogP contribution in [0.25, 0.3) is 0 Å². The molecule has 1 aliphatic heterocycles. The van der Waals surface area contributed by atoms with Crippen molar-refractivity contribution < 1.29 is 9.53 Å². The largest absolute Gasteiger partial charge is 0.383 e. The molecule has 0 N–H and O–H groups in total. The molecule has 1 amide bonds. The van der Waals surface area contributed by atoms with E-state index in [0.717, 1.165) is 24.9 Å². The maximum absolute atomic E-state index is 12.9. The Kier molecular flexibility index (Phi) is 5.33. The summed E-state index contributed by atoms with van der Waals surface area (Å²) < 4.78 is 8.44. The van der Waals surface area contributed by atoms with Crippen LogP contribution >= 0.6 is 0 Å². The Bertz CT molecular complexity index is 796. The summed E-state index contributed by atoms with van der Waals surface area (Å²) in [5, 5.41) is 4.32. The predicted molar refractivity (Wildman–Crippen MR) is 93.6 cm³/mol. The smallest absolute Gasteiger partial charge is 0.255 e. The second kappa shape index (κ2) is 7.65. The molecule has 1 fully saturated rings. The molecule has 0 aliphatic carbocycles. The van der Waals surface area contributed by atoms with Crippen molar-refractivity contribution in [2.45, 2.75) is 38.9 Å². The van der Waals surface area contributed by atoms with E-state index in [0.29, 0.717) is 25.3 Å². The van der Waals surface area contributed by atoms with Gasteiger partial charge in [0.1, 0.15) is 0 Å². The van der Waals surface area contributed by atoms with Crippen LogP contribution in [0.2, 0.25) is 0 Å². The fourth-order valence-electron chi connectivity index (χ4n) is 3.26. The van der Waals surface area contributed by atoms with E-state index in [2.05, 4.69) is 5.10 Å². The van der Waals surface area contributed by atoms with Crippen molar-refractivity contribution in [1.29, 1.82) is 0 Å². The summed E-state index contributed by atoms with van der Waals surface area (Å²) in [4.78, 5) is 26.7. The lowest BCUT2D eigenvalue weighted by Crippen LogP contribution is -2.38. The molecule has 2 aromatic heterocycles. The van der Waals surface area contributed by atoms with Crippen LogP contribution in [0.3, 0.4) is 0 Å². The van der Waals surface area contributed by atoms with Crippen LogP contribution in [-0.4, -0.2) is 51.5 Å². The van der Waals surface area contributed by atoms with Crippen molar-refractivity contribution in [3.63, 3.8) is 0 Å². The second-order valence-corrected chi connectivity index (χ2v) is 6.48. The third-order valence-electron chi connectivity index (χ3n) is 4.56. The van der Waals surface area contributed by atoms with Crippen LogP contribution < -0.4 is 5.56 Å². The molecule has 1 saturated heterocycles. The van der Waals surface area contributed by atoms with Crippen LogP contribution in [0.15, 0.2) is 35.5 Å². The minimum Gasteiger partial charge on any atom is -0.383 e. The summed E-state index contributed by atoms with van der Waals surface area (Å²) in [5.41, 5.74) is 1.53. The van der Waals surface area contributed by atoms with Crippen LogP contribution in [0.1, 0.15) is 28.8 Å². The van der Waals surface area contributed by atoms with Gasteiger partial charge in [0.05, 0.1) is 31.0 Å². The zero-order valence-corrected chi connectivity index (χ0v) is 14.7. The number of rotatable bonds is 6. The SMILES string of the molecule is COCCn1cc(C(=O)N2CCC[C@@H]2Cn2cc(C)cn2)ccc1=O. The van der Waals surface area contributed by atoms with Gasteiger partial charge >= 0.3 is 0 Å². The lowest BCUT2D eigenvalue weighted by atomic mass is 10.2. The van der Waals surface area contributed by atoms with Gasteiger partial charge in [0.15, 0.2) is 0 Å². The number of pyridine rings is 1. The van der Waals surface area contributed by atoms with Crippen LogP contribution in [0, 0.1) is 6.92 Å². The van der Waals surface area contributed by atoms with Crippen molar-refractivity contribution in [2.75, 3.05) is 20.3 Å². The minimum absolute atomic E-state index is 0.0301. The Morgan fingerprint density at radius 1 is 1.36 bits per heavy atom. The summed E-state index contributed by atoms with van der Waals surface area (Å²) in [7, 11) is 1.59. The summed E-state index contributed by atoms with van der Waals surface area (Å²) in [6, 6.07) is 3.19. The normalized spacial score (nSPS) is 17.2. The van der Waals surface area contributed by atoms with Gasteiger partial charge in [0, 0.05) is 38.7 Å². The van der Waals surface area contributed by atoms with Gasteiger partial charge in [-0.05, 0) is 31.4 Å². The average Bonchev–Trinajstić information content (AvgIpc) is 3.23. The van der Waals surface area contributed by atoms with E-state index in [-0.39, 0.29) is 17.5 Å². The van der Waals surface area contributed by atoms with Gasteiger partial charge in [0.25, 0.3) is 11.5 Å². The molecule has 1 atom stereocenters. The molecule has 1 aliphatic rings. The molecular weight excluding hydrogens is 320 g/mol. The first-order chi connectivity index (χ1) is 12.1. The van der Waals surface area contributed by atoms with E-state index in [9.17, 15) is 9.59 Å². The number of hydrogen-bond donors (Lipinski definition) is 0. The fraction of sp³-hybridized carbons (Fsp3) is 0.500. The summed E-state index contributed by atoms with van der Waals surface area (Å²) >= 11 is 0. The highest BCUT2D eigenvalue weighted by Gasteiger charge is 2.30. The van der Waals surface area contributed by atoms with Gasteiger partial charge in [-0.25, -0.2) is 0 Å². The molecule has 25 heavy (non-hydrogen) atoms. The van der Waals surface area contributed by atoms with Gasteiger partial charge < -0.3 is 14.2 Å². The number of carbonyl (C=O) groups excluding carboxylic acids is 1. The molecule has 134 valence electrons. The maximum Gasteiger partial charge on any atom is 0.255 e. The third-order valence-corrected chi connectivity index (χ3v) is 4.56. The lowest BCUT2D eigenvalue weighted by Gasteiger charge is -2.25. The zero-order chi connectivity index (χ0) is 17.8. The van der Waals surface area contributed by atoms with Gasteiger partial charge in [-0.15, -0.1) is 0 Å². The topological polar surface area (TPSA) is 69.4 Å². The third kappa shape index (κ3) is 3.99. The molecule has 3 rings (SSSR count). The Balaban J connectivity index is 1.76. The first-order valence-electron chi connectivity index (χ1n) is 8.58. The van der Waals surface area contributed by atoms with Crippen molar-refractivity contribution in [3.8, 4) is 0 Å². The first-order valence-corrected chi connectivity index (χ1v) is 8.58. The Hall–Kier alpha value is -2.41. The molecule has 0 radical (unpaired) electrons. The number of aromatic nitrogens is 3. The quantitative estimate of drug-likeness (QED) is 0.792. The van der Waals surface area contributed by atoms with Crippen molar-refractivity contribution in [3.05, 3.63) is 52.2 Å². The monoisotopic (exact) mass is 344 g/mol. The highest BCUT2D eigenvalue weighted by molar-refractivity contribution is 5.94. The number of carbonyl (C=O) groups is 1. The highest BCUT2D eigenvalue weighted by Crippen LogP contribution is 2.21. The van der Waals surface area contributed by atoms with E-state index in [1.54, 1.807) is 19.4 Å². The first kappa shape index (κ1) is 17.4. The van der Waals surface area contributed by atoms with Crippen molar-refractivity contribution in [1.82, 2.24) is 19.2 Å². The maximum atomic E-state index is 12.9. The van der Waals surface area contributed by atoms with E-state index < -0.39 is 0 Å². The summed E-state index contributed by atoms with van der Waals surface area (Å²) in [6.45, 7) is 4.31. The molecule has 2 aromatic rings. The van der Waals surface area contributed by atoms with Gasteiger partial charge in [-0.2, -0.15) is 5.10 Å². The fourth-order valence-corrected chi connectivity index (χ4v) is 3.26. The van der Waals surface area contributed by atoms with Gasteiger partial charge in [-0.3, -0.25) is 14.3 Å². The molecule has 0 aromatic carbocycles. The summed E-state index contributed by atoms with van der Waals surface area (Å²) in [6.07, 6.45) is 7.41. The average molecular weight is 344 g/mol. The molecule has 7 heteroatoms. The van der Waals surface area contributed by atoms with E-state index in [1.165, 1.54) is 10.6 Å². The molecule has 0 spiro atoms. The van der Waals surface area contributed by atoms with Gasteiger partial charge in [0.2, 0.25) is 0 Å². The standard InChI is InChI=1S/C18H24N4O3/c1-14-10-19-21(11-14)13-16-4-3-7-22(16)18(24)15-5-6-17(23)20(12-15)8-9-25-2/h5-6,10-12,16H,3-4,7-9,13H2,1-2H3/t16-/m1/s1. The second-order valence-electron chi connectivity index (χ2n) is 6.48. The number of amides is 1.